The van der Waals surface area contributed by atoms with Crippen LogP contribution in [0.4, 0.5) is 0 Å². The second kappa shape index (κ2) is 9.71. The SMILES string of the molecule is CCNC(=O)C[NH+](CC)CC(=O)N1N=C(c2ccc(Cl)cc2)C[C@@H]1c1ccco1. The molecule has 29 heavy (non-hydrogen) atoms. The first-order valence-corrected chi connectivity index (χ1v) is 10.2. The first-order chi connectivity index (χ1) is 14.0. The molecule has 1 aromatic heterocycles. The molecule has 2 N–H and O–H groups in total. The van der Waals surface area contributed by atoms with Gasteiger partial charge in [-0.15, -0.1) is 0 Å². The van der Waals surface area contributed by atoms with Crippen LogP contribution in [0.1, 0.15) is 37.6 Å². The van der Waals surface area contributed by atoms with E-state index in [2.05, 4.69) is 10.4 Å². The Morgan fingerprint density at radius 1 is 1.24 bits per heavy atom. The van der Waals surface area contributed by atoms with E-state index in [1.165, 1.54) is 5.01 Å². The van der Waals surface area contributed by atoms with Crippen molar-refractivity contribution >= 4 is 29.1 Å². The Morgan fingerprint density at radius 3 is 2.62 bits per heavy atom. The minimum absolute atomic E-state index is 0.0634. The van der Waals surface area contributed by atoms with Gasteiger partial charge in [0.25, 0.3) is 11.8 Å². The lowest BCUT2D eigenvalue weighted by Crippen LogP contribution is -3.14. The van der Waals surface area contributed by atoms with E-state index < -0.39 is 0 Å². The maximum absolute atomic E-state index is 13.1. The van der Waals surface area contributed by atoms with Crippen molar-refractivity contribution in [1.82, 2.24) is 10.3 Å². The van der Waals surface area contributed by atoms with E-state index in [1.807, 2.05) is 32.0 Å². The molecule has 2 aromatic rings. The molecule has 0 saturated heterocycles. The highest BCUT2D eigenvalue weighted by Crippen LogP contribution is 2.33. The molecule has 2 amide bonds. The maximum Gasteiger partial charge on any atom is 0.298 e. The Kier molecular flexibility index (Phi) is 7.06. The number of hydrazone groups is 1. The van der Waals surface area contributed by atoms with Crippen LogP contribution in [0.15, 0.2) is 52.2 Å². The van der Waals surface area contributed by atoms with Gasteiger partial charge >= 0.3 is 0 Å². The Morgan fingerprint density at radius 2 is 2.00 bits per heavy atom. The highest BCUT2D eigenvalue weighted by atomic mass is 35.5. The monoisotopic (exact) mass is 417 g/mol. The number of furan rings is 1. The summed E-state index contributed by atoms with van der Waals surface area (Å²) in [5, 5.41) is 9.54. The van der Waals surface area contributed by atoms with Crippen LogP contribution in [0.25, 0.3) is 0 Å². The molecule has 154 valence electrons. The predicted molar refractivity (Wildman–Crippen MR) is 111 cm³/mol. The molecule has 0 fully saturated rings. The number of hydrogen-bond donors (Lipinski definition) is 2. The number of benzene rings is 1. The van der Waals surface area contributed by atoms with Crippen molar-refractivity contribution in [2.24, 2.45) is 5.10 Å². The van der Waals surface area contributed by atoms with Crippen molar-refractivity contribution in [3.63, 3.8) is 0 Å². The van der Waals surface area contributed by atoms with Gasteiger partial charge in [0.2, 0.25) is 0 Å². The van der Waals surface area contributed by atoms with E-state index in [9.17, 15) is 9.59 Å². The van der Waals surface area contributed by atoms with Crippen LogP contribution >= 0.6 is 11.6 Å². The average molecular weight is 418 g/mol. The number of likely N-dealkylation sites (N-methyl/N-ethyl adjacent to an activating group) is 2. The Bertz CT molecular complexity index is 865. The third-order valence-electron chi connectivity index (χ3n) is 4.90. The van der Waals surface area contributed by atoms with Gasteiger partial charge in [0.15, 0.2) is 13.1 Å². The second-order valence-corrected chi connectivity index (χ2v) is 7.37. The smallest absolute Gasteiger partial charge is 0.298 e. The minimum atomic E-state index is -0.300. The molecule has 8 heteroatoms. The molecule has 0 spiro atoms. The topological polar surface area (TPSA) is 79.4 Å². The van der Waals surface area contributed by atoms with Gasteiger partial charge in [-0.05, 0) is 43.7 Å². The van der Waals surface area contributed by atoms with E-state index in [0.29, 0.717) is 30.3 Å². The Labute approximate surface area is 175 Å². The zero-order valence-corrected chi connectivity index (χ0v) is 17.4. The van der Waals surface area contributed by atoms with Crippen LogP contribution in [-0.4, -0.2) is 48.7 Å². The number of halogens is 1. The number of carbonyl (C=O) groups excluding carboxylic acids is 2. The summed E-state index contributed by atoms with van der Waals surface area (Å²) in [6.07, 6.45) is 2.15. The number of carbonyl (C=O) groups is 2. The summed E-state index contributed by atoms with van der Waals surface area (Å²) < 4.78 is 5.57. The van der Waals surface area contributed by atoms with Gasteiger partial charge in [0.05, 0.1) is 18.5 Å². The second-order valence-electron chi connectivity index (χ2n) is 6.94. The maximum atomic E-state index is 13.1. The molecule has 7 nitrogen and oxygen atoms in total. The summed E-state index contributed by atoms with van der Waals surface area (Å²) >= 11 is 5.99. The molecule has 1 aliphatic heterocycles. The normalized spacial score (nSPS) is 17.1. The summed E-state index contributed by atoms with van der Waals surface area (Å²) in [6.45, 7) is 5.50. The van der Waals surface area contributed by atoms with Gasteiger partial charge in [0.1, 0.15) is 11.8 Å². The predicted octanol–water partition coefficient (Wildman–Crippen LogP) is 1.65. The number of hydrogen-bond acceptors (Lipinski definition) is 4. The van der Waals surface area contributed by atoms with Crippen molar-refractivity contribution in [2.45, 2.75) is 26.3 Å². The lowest BCUT2D eigenvalue weighted by atomic mass is 10.0. The summed E-state index contributed by atoms with van der Waals surface area (Å²) in [4.78, 5) is 25.9. The van der Waals surface area contributed by atoms with Crippen molar-refractivity contribution in [1.29, 1.82) is 0 Å². The number of nitrogens with one attached hydrogen (secondary N) is 2. The zero-order valence-electron chi connectivity index (χ0n) is 16.7. The quantitative estimate of drug-likeness (QED) is 0.685. The van der Waals surface area contributed by atoms with Crippen LogP contribution in [0.2, 0.25) is 5.02 Å². The van der Waals surface area contributed by atoms with E-state index in [1.54, 1.807) is 24.5 Å². The van der Waals surface area contributed by atoms with Gasteiger partial charge in [-0.1, -0.05) is 23.7 Å². The molecule has 1 unspecified atom stereocenters. The van der Waals surface area contributed by atoms with E-state index in [-0.39, 0.29) is 30.9 Å². The van der Waals surface area contributed by atoms with E-state index in [0.717, 1.165) is 16.2 Å². The molecule has 0 radical (unpaired) electrons. The molecule has 3 rings (SSSR count). The summed E-state index contributed by atoms with van der Waals surface area (Å²) in [5.41, 5.74) is 1.72. The summed E-state index contributed by atoms with van der Waals surface area (Å²) in [6, 6.07) is 10.8. The lowest BCUT2D eigenvalue weighted by Gasteiger charge is -2.22. The van der Waals surface area contributed by atoms with Gasteiger partial charge in [0, 0.05) is 18.0 Å². The Hall–Kier alpha value is -2.64. The number of quaternary nitrogens is 1. The number of rotatable bonds is 8. The molecule has 2 atom stereocenters. The molecule has 1 aromatic carbocycles. The first-order valence-electron chi connectivity index (χ1n) is 9.81. The highest BCUT2D eigenvalue weighted by Gasteiger charge is 2.36. The number of nitrogens with zero attached hydrogens (tertiary/aromatic N) is 2. The fraction of sp³-hybridized carbons (Fsp3) is 0.381. The van der Waals surface area contributed by atoms with Crippen molar-refractivity contribution in [3.8, 4) is 0 Å². The fourth-order valence-corrected chi connectivity index (χ4v) is 3.48. The molecule has 0 aliphatic carbocycles. The molecule has 1 aliphatic rings. The Balaban J connectivity index is 1.79. The molecule has 0 saturated carbocycles. The van der Waals surface area contributed by atoms with Crippen molar-refractivity contribution in [3.05, 3.63) is 59.0 Å². The summed E-state index contributed by atoms with van der Waals surface area (Å²) in [7, 11) is 0. The van der Waals surface area contributed by atoms with Gasteiger partial charge in [-0.3, -0.25) is 9.59 Å². The average Bonchev–Trinajstić information content (AvgIpc) is 3.38. The molecular formula is C21H26ClN4O3+. The molecule has 2 heterocycles. The zero-order chi connectivity index (χ0) is 20.8. The van der Waals surface area contributed by atoms with Crippen LogP contribution in [0, 0.1) is 0 Å². The lowest BCUT2D eigenvalue weighted by molar-refractivity contribution is -0.882. The van der Waals surface area contributed by atoms with Crippen LogP contribution < -0.4 is 10.2 Å². The molecular weight excluding hydrogens is 392 g/mol. The van der Waals surface area contributed by atoms with Crippen LogP contribution in [-0.2, 0) is 9.59 Å². The standard InChI is InChI=1S/C21H25ClN4O3/c1-3-23-20(27)13-25(4-2)14-21(28)26-18(19-6-5-11-29-19)12-17(24-26)15-7-9-16(22)10-8-15/h5-11,18H,3-4,12-14H2,1-2H3,(H,23,27)/p+1/t18-/m1/s1. The van der Waals surface area contributed by atoms with Crippen molar-refractivity contribution < 1.29 is 18.9 Å². The third kappa shape index (κ3) is 5.25. The number of amides is 2. The van der Waals surface area contributed by atoms with E-state index in [4.69, 9.17) is 16.0 Å². The molecule has 0 bridgehead atoms. The van der Waals surface area contributed by atoms with Gasteiger partial charge in [-0.25, -0.2) is 5.01 Å². The van der Waals surface area contributed by atoms with Gasteiger partial charge in [-0.2, -0.15) is 5.10 Å². The fourth-order valence-electron chi connectivity index (χ4n) is 3.35. The minimum Gasteiger partial charge on any atom is -0.467 e. The van der Waals surface area contributed by atoms with E-state index >= 15 is 0 Å². The summed E-state index contributed by atoms with van der Waals surface area (Å²) in [5.74, 6) is 0.482. The highest BCUT2D eigenvalue weighted by molar-refractivity contribution is 6.30. The van der Waals surface area contributed by atoms with Crippen molar-refractivity contribution in [2.75, 3.05) is 26.2 Å². The van der Waals surface area contributed by atoms with Gasteiger partial charge < -0.3 is 14.6 Å². The van der Waals surface area contributed by atoms with Crippen LogP contribution in [0.5, 0.6) is 0 Å². The largest absolute Gasteiger partial charge is 0.467 e. The first kappa shape index (κ1) is 21.1. The third-order valence-corrected chi connectivity index (χ3v) is 5.15. The van der Waals surface area contributed by atoms with Crippen LogP contribution in [0.3, 0.4) is 0 Å².